The third kappa shape index (κ3) is 4.64. The van der Waals surface area contributed by atoms with Crippen molar-refractivity contribution in [2.45, 2.75) is 20.5 Å². The van der Waals surface area contributed by atoms with Crippen LogP contribution < -0.4 is 10.4 Å². The Morgan fingerprint density at radius 3 is 2.78 bits per heavy atom. The van der Waals surface area contributed by atoms with Crippen LogP contribution in [0.3, 0.4) is 0 Å². The van der Waals surface area contributed by atoms with E-state index in [1.54, 1.807) is 12.1 Å². The van der Waals surface area contributed by atoms with Gasteiger partial charge in [-0.15, -0.1) is 0 Å². The van der Waals surface area contributed by atoms with Crippen LogP contribution in [0.15, 0.2) is 63.8 Å². The van der Waals surface area contributed by atoms with Crippen molar-refractivity contribution in [1.29, 1.82) is 0 Å². The average Bonchev–Trinajstić information content (AvgIpc) is 2.65. The fourth-order valence-electron chi connectivity index (χ4n) is 2.72. The molecule has 0 aliphatic heterocycles. The molecule has 5 nitrogen and oxygen atoms in total. The lowest BCUT2D eigenvalue weighted by molar-refractivity contribution is -0.138. The first-order valence-corrected chi connectivity index (χ1v) is 8.67. The van der Waals surface area contributed by atoms with Crippen LogP contribution in [0.1, 0.15) is 23.6 Å². The smallest absolute Gasteiger partial charge is 0.336 e. The highest BCUT2D eigenvalue weighted by molar-refractivity contribution is 5.88. The topological polar surface area (TPSA) is 65.7 Å². The van der Waals surface area contributed by atoms with Gasteiger partial charge in [0.05, 0.1) is 6.61 Å². The number of para-hydroxylation sites is 1. The van der Waals surface area contributed by atoms with Crippen molar-refractivity contribution in [2.75, 3.05) is 6.61 Å². The van der Waals surface area contributed by atoms with Gasteiger partial charge >= 0.3 is 11.6 Å². The van der Waals surface area contributed by atoms with Crippen molar-refractivity contribution in [3.63, 3.8) is 0 Å². The zero-order valence-electron chi connectivity index (χ0n) is 15.2. The van der Waals surface area contributed by atoms with Crippen LogP contribution in [0.5, 0.6) is 5.75 Å². The Kier molecular flexibility index (Phi) is 5.71. The van der Waals surface area contributed by atoms with Gasteiger partial charge in [0.25, 0.3) is 0 Å². The van der Waals surface area contributed by atoms with Crippen LogP contribution in [0.4, 0.5) is 0 Å². The van der Waals surface area contributed by atoms with Gasteiger partial charge in [0.1, 0.15) is 17.9 Å². The summed E-state index contributed by atoms with van der Waals surface area (Å²) in [6.45, 7) is 4.34. The minimum atomic E-state index is -0.505. The maximum absolute atomic E-state index is 12.1. The van der Waals surface area contributed by atoms with Gasteiger partial charge in [0.15, 0.2) is 0 Å². The number of aryl methyl sites for hydroxylation is 1. The Balaban J connectivity index is 1.73. The highest BCUT2D eigenvalue weighted by atomic mass is 16.5. The molecule has 0 fully saturated rings. The van der Waals surface area contributed by atoms with Gasteiger partial charge < -0.3 is 13.9 Å². The van der Waals surface area contributed by atoms with Gasteiger partial charge in [0, 0.05) is 28.7 Å². The van der Waals surface area contributed by atoms with Gasteiger partial charge in [-0.05, 0) is 37.6 Å². The van der Waals surface area contributed by atoms with E-state index in [0.29, 0.717) is 23.5 Å². The molecular weight excluding hydrogens is 344 g/mol. The largest absolute Gasteiger partial charge is 0.493 e. The van der Waals surface area contributed by atoms with Crippen LogP contribution in [0.2, 0.25) is 0 Å². The van der Waals surface area contributed by atoms with Gasteiger partial charge in [0.2, 0.25) is 0 Å². The van der Waals surface area contributed by atoms with E-state index in [-0.39, 0.29) is 6.61 Å². The SMILES string of the molecule is CCOc1ccccc1/C=C/C(=O)OCc1cc(=O)oc2cc(C)ccc12. The van der Waals surface area contributed by atoms with Crippen molar-refractivity contribution in [3.8, 4) is 5.75 Å². The first-order valence-electron chi connectivity index (χ1n) is 8.67. The van der Waals surface area contributed by atoms with Crippen molar-refractivity contribution < 1.29 is 18.7 Å². The molecule has 0 amide bonds. The molecule has 0 radical (unpaired) electrons. The van der Waals surface area contributed by atoms with Crippen molar-refractivity contribution in [3.05, 3.63) is 81.7 Å². The minimum absolute atomic E-state index is 0.0125. The molecule has 0 N–H and O–H groups in total. The molecule has 0 bridgehead atoms. The van der Waals surface area contributed by atoms with Crippen LogP contribution in [0.25, 0.3) is 17.0 Å². The number of fused-ring (bicyclic) bond motifs is 1. The van der Waals surface area contributed by atoms with Crippen LogP contribution in [0, 0.1) is 6.92 Å². The van der Waals surface area contributed by atoms with E-state index in [1.165, 1.54) is 12.1 Å². The second-order valence-corrected chi connectivity index (χ2v) is 6.00. The number of carbonyl (C=O) groups excluding carboxylic acids is 1. The number of hydrogen-bond acceptors (Lipinski definition) is 5. The predicted molar refractivity (Wildman–Crippen MR) is 104 cm³/mol. The molecule has 0 saturated carbocycles. The fraction of sp³-hybridized carbons (Fsp3) is 0.182. The van der Waals surface area contributed by atoms with E-state index in [1.807, 2.05) is 50.2 Å². The molecule has 2 aromatic carbocycles. The molecule has 138 valence electrons. The summed E-state index contributed by atoms with van der Waals surface area (Å²) in [5, 5.41) is 0.749. The summed E-state index contributed by atoms with van der Waals surface area (Å²) >= 11 is 0. The molecule has 27 heavy (non-hydrogen) atoms. The van der Waals surface area contributed by atoms with Gasteiger partial charge in [-0.3, -0.25) is 0 Å². The first kappa shape index (κ1) is 18.5. The Morgan fingerprint density at radius 2 is 1.96 bits per heavy atom. The van der Waals surface area contributed by atoms with Gasteiger partial charge in [-0.2, -0.15) is 0 Å². The van der Waals surface area contributed by atoms with Crippen molar-refractivity contribution in [1.82, 2.24) is 0 Å². The lowest BCUT2D eigenvalue weighted by Gasteiger charge is -2.07. The predicted octanol–water partition coefficient (Wildman–Crippen LogP) is 4.26. The lowest BCUT2D eigenvalue weighted by Crippen LogP contribution is -2.05. The number of esters is 1. The first-order chi connectivity index (χ1) is 13.1. The van der Waals surface area contributed by atoms with E-state index >= 15 is 0 Å². The summed E-state index contributed by atoms with van der Waals surface area (Å²) in [5.41, 5.74) is 2.39. The summed E-state index contributed by atoms with van der Waals surface area (Å²) in [7, 11) is 0. The zero-order valence-corrected chi connectivity index (χ0v) is 15.2. The van der Waals surface area contributed by atoms with E-state index in [0.717, 1.165) is 16.5 Å². The average molecular weight is 364 g/mol. The monoisotopic (exact) mass is 364 g/mol. The number of rotatable bonds is 6. The molecule has 0 saturated heterocycles. The molecule has 1 aromatic heterocycles. The maximum atomic E-state index is 12.1. The summed E-state index contributed by atoms with van der Waals surface area (Å²) in [4.78, 5) is 23.8. The third-order valence-electron chi connectivity index (χ3n) is 3.97. The minimum Gasteiger partial charge on any atom is -0.493 e. The molecule has 0 atom stereocenters. The van der Waals surface area contributed by atoms with E-state index < -0.39 is 11.6 Å². The fourth-order valence-corrected chi connectivity index (χ4v) is 2.72. The second-order valence-electron chi connectivity index (χ2n) is 6.00. The molecule has 0 aliphatic rings. The number of hydrogen-bond donors (Lipinski definition) is 0. The Labute approximate surface area is 156 Å². The Hall–Kier alpha value is -3.34. The second kappa shape index (κ2) is 8.36. The lowest BCUT2D eigenvalue weighted by atomic mass is 10.1. The molecule has 3 aromatic rings. The summed E-state index contributed by atoms with van der Waals surface area (Å²) < 4.78 is 16.0. The number of benzene rings is 2. The molecule has 3 rings (SSSR count). The Morgan fingerprint density at radius 1 is 1.15 bits per heavy atom. The van der Waals surface area contributed by atoms with E-state index in [4.69, 9.17) is 13.9 Å². The summed E-state index contributed by atoms with van der Waals surface area (Å²) in [6.07, 6.45) is 2.99. The van der Waals surface area contributed by atoms with E-state index in [9.17, 15) is 9.59 Å². The normalized spacial score (nSPS) is 11.0. The molecular formula is C22H20O5. The highest BCUT2D eigenvalue weighted by Gasteiger charge is 2.08. The van der Waals surface area contributed by atoms with Crippen LogP contribution in [-0.4, -0.2) is 12.6 Å². The van der Waals surface area contributed by atoms with Gasteiger partial charge in [-0.1, -0.05) is 30.3 Å². The number of ether oxygens (including phenoxy) is 2. The highest BCUT2D eigenvalue weighted by Crippen LogP contribution is 2.21. The zero-order chi connectivity index (χ0) is 19.2. The third-order valence-corrected chi connectivity index (χ3v) is 3.97. The molecule has 0 aliphatic carbocycles. The molecule has 5 heteroatoms. The summed E-state index contributed by atoms with van der Waals surface area (Å²) in [5.74, 6) is 0.195. The quantitative estimate of drug-likeness (QED) is 0.371. The molecule has 0 spiro atoms. The number of carbonyl (C=O) groups is 1. The van der Waals surface area contributed by atoms with Crippen molar-refractivity contribution >= 4 is 23.0 Å². The molecule has 1 heterocycles. The maximum Gasteiger partial charge on any atom is 0.336 e. The van der Waals surface area contributed by atoms with Crippen LogP contribution in [-0.2, 0) is 16.1 Å². The van der Waals surface area contributed by atoms with Crippen molar-refractivity contribution in [2.24, 2.45) is 0 Å². The van der Waals surface area contributed by atoms with E-state index in [2.05, 4.69) is 0 Å². The van der Waals surface area contributed by atoms with Gasteiger partial charge in [-0.25, -0.2) is 9.59 Å². The summed E-state index contributed by atoms with van der Waals surface area (Å²) in [6, 6.07) is 14.3. The molecule has 0 unspecified atom stereocenters. The van der Waals surface area contributed by atoms with Crippen LogP contribution >= 0.6 is 0 Å². The Bertz CT molecular complexity index is 1050. The standard InChI is InChI=1S/C22H20O5/c1-3-25-19-7-5-4-6-16(19)9-11-21(23)26-14-17-13-22(24)27-20-12-15(2)8-10-18(17)20/h4-13H,3,14H2,1-2H3/b11-9+.